The minimum atomic E-state index is 0.578. The Morgan fingerprint density at radius 3 is 2.62 bits per heavy atom. The van der Waals surface area contributed by atoms with Gasteiger partial charge in [-0.15, -0.1) is 0 Å². The van der Waals surface area contributed by atoms with Crippen molar-refractivity contribution in [1.29, 1.82) is 0 Å². The van der Waals surface area contributed by atoms with E-state index in [4.69, 9.17) is 19.6 Å². The summed E-state index contributed by atoms with van der Waals surface area (Å²) in [4.78, 5) is 4.45. The molecule has 1 aromatic heterocycles. The molecule has 0 unspecified atom stereocenters. The van der Waals surface area contributed by atoms with Crippen LogP contribution in [0.25, 0.3) is 11.1 Å². The molecular formula is C16H16N2O3. The zero-order valence-electron chi connectivity index (χ0n) is 11.9. The predicted octanol–water partition coefficient (Wildman–Crippen LogP) is 3.02. The molecule has 5 nitrogen and oxygen atoms in total. The summed E-state index contributed by atoms with van der Waals surface area (Å²) in [6.07, 6.45) is 0.578. The highest BCUT2D eigenvalue weighted by molar-refractivity contribution is 5.76. The first-order chi connectivity index (χ1) is 10.2. The van der Waals surface area contributed by atoms with Crippen molar-refractivity contribution in [2.24, 2.45) is 0 Å². The van der Waals surface area contributed by atoms with E-state index in [2.05, 4.69) is 4.98 Å². The normalized spacial score (nSPS) is 10.8. The third kappa shape index (κ3) is 2.63. The molecule has 21 heavy (non-hydrogen) atoms. The van der Waals surface area contributed by atoms with E-state index >= 15 is 0 Å². The van der Waals surface area contributed by atoms with Gasteiger partial charge < -0.3 is 19.6 Å². The van der Waals surface area contributed by atoms with Crippen molar-refractivity contribution in [3.8, 4) is 11.5 Å². The number of rotatable bonds is 4. The van der Waals surface area contributed by atoms with Crippen molar-refractivity contribution in [2.75, 3.05) is 20.0 Å². The number of oxazole rings is 1. The van der Waals surface area contributed by atoms with Gasteiger partial charge in [0.15, 0.2) is 23.0 Å². The Balaban J connectivity index is 1.91. The maximum Gasteiger partial charge on any atom is 0.199 e. The Bertz CT molecular complexity index is 780. The third-order valence-corrected chi connectivity index (χ3v) is 3.26. The Labute approximate surface area is 122 Å². The number of anilines is 1. The van der Waals surface area contributed by atoms with Crippen molar-refractivity contribution >= 4 is 16.8 Å². The van der Waals surface area contributed by atoms with Gasteiger partial charge in [-0.3, -0.25) is 0 Å². The molecule has 0 aliphatic heterocycles. The summed E-state index contributed by atoms with van der Waals surface area (Å²) in [7, 11) is 3.23. The van der Waals surface area contributed by atoms with Crippen LogP contribution >= 0.6 is 0 Å². The van der Waals surface area contributed by atoms with E-state index in [9.17, 15) is 0 Å². The van der Waals surface area contributed by atoms with Crippen LogP contribution in [-0.4, -0.2) is 19.2 Å². The number of nitrogens with zero attached hydrogens (tertiary/aromatic N) is 1. The summed E-state index contributed by atoms with van der Waals surface area (Å²) in [5.41, 5.74) is 8.94. The fourth-order valence-corrected chi connectivity index (χ4v) is 2.23. The van der Waals surface area contributed by atoms with Gasteiger partial charge in [0.2, 0.25) is 0 Å². The molecule has 0 atom stereocenters. The first-order valence-electron chi connectivity index (χ1n) is 6.55. The number of ether oxygens (including phenoxy) is 2. The highest BCUT2D eigenvalue weighted by Gasteiger charge is 2.09. The van der Waals surface area contributed by atoms with Crippen molar-refractivity contribution in [3.05, 3.63) is 47.9 Å². The van der Waals surface area contributed by atoms with Crippen molar-refractivity contribution in [3.63, 3.8) is 0 Å². The fraction of sp³-hybridized carbons (Fsp3) is 0.188. The lowest BCUT2D eigenvalue weighted by Crippen LogP contribution is -1.93. The van der Waals surface area contributed by atoms with Gasteiger partial charge in [-0.1, -0.05) is 6.07 Å². The summed E-state index contributed by atoms with van der Waals surface area (Å²) < 4.78 is 16.2. The Morgan fingerprint density at radius 1 is 1.05 bits per heavy atom. The molecule has 0 spiro atoms. The van der Waals surface area contributed by atoms with Crippen LogP contribution in [0.4, 0.5) is 5.69 Å². The number of fused-ring (bicyclic) bond motifs is 1. The summed E-state index contributed by atoms with van der Waals surface area (Å²) >= 11 is 0. The lowest BCUT2D eigenvalue weighted by molar-refractivity contribution is 0.354. The second-order valence-electron chi connectivity index (χ2n) is 4.70. The molecule has 108 valence electrons. The predicted molar refractivity (Wildman–Crippen MR) is 80.8 cm³/mol. The summed E-state index contributed by atoms with van der Waals surface area (Å²) in [5.74, 6) is 2.03. The average molecular weight is 284 g/mol. The lowest BCUT2D eigenvalue weighted by Gasteiger charge is -2.08. The van der Waals surface area contributed by atoms with Crippen LogP contribution in [0.1, 0.15) is 11.5 Å². The molecule has 0 fully saturated rings. The van der Waals surface area contributed by atoms with Gasteiger partial charge in [0.25, 0.3) is 0 Å². The minimum absolute atomic E-state index is 0.578. The molecule has 0 amide bonds. The number of hydrogen-bond acceptors (Lipinski definition) is 5. The number of nitrogens with two attached hydrogens (primary N) is 1. The molecule has 5 heteroatoms. The van der Waals surface area contributed by atoms with Crippen LogP contribution in [-0.2, 0) is 6.42 Å². The minimum Gasteiger partial charge on any atom is -0.493 e. The number of benzene rings is 2. The van der Waals surface area contributed by atoms with Gasteiger partial charge in [0, 0.05) is 18.2 Å². The first kappa shape index (κ1) is 13.3. The Hall–Kier alpha value is -2.69. The Kier molecular flexibility index (Phi) is 3.39. The zero-order chi connectivity index (χ0) is 14.8. The van der Waals surface area contributed by atoms with E-state index in [1.54, 1.807) is 20.3 Å². The monoisotopic (exact) mass is 284 g/mol. The smallest absolute Gasteiger partial charge is 0.199 e. The van der Waals surface area contributed by atoms with Crippen molar-refractivity contribution in [1.82, 2.24) is 4.98 Å². The molecule has 0 aliphatic carbocycles. The fourth-order valence-electron chi connectivity index (χ4n) is 2.23. The number of hydrogen-bond donors (Lipinski definition) is 1. The maximum absolute atomic E-state index is 5.74. The second kappa shape index (κ2) is 5.36. The van der Waals surface area contributed by atoms with E-state index in [0.29, 0.717) is 35.1 Å². The number of nitrogen functional groups attached to an aromatic ring is 1. The molecule has 0 bridgehead atoms. The maximum atomic E-state index is 5.74. The highest BCUT2D eigenvalue weighted by Crippen LogP contribution is 2.29. The molecule has 0 saturated carbocycles. The quantitative estimate of drug-likeness (QED) is 0.746. The topological polar surface area (TPSA) is 70.5 Å². The van der Waals surface area contributed by atoms with Crippen LogP contribution in [0.2, 0.25) is 0 Å². The molecule has 2 aromatic carbocycles. The van der Waals surface area contributed by atoms with Gasteiger partial charge in [0.05, 0.1) is 14.2 Å². The molecule has 3 aromatic rings. The number of methoxy groups -OCH3 is 2. The van der Waals surface area contributed by atoms with E-state index in [-0.39, 0.29) is 0 Å². The molecular weight excluding hydrogens is 268 g/mol. The number of aromatic nitrogens is 1. The van der Waals surface area contributed by atoms with Gasteiger partial charge in [-0.05, 0) is 29.8 Å². The molecule has 0 saturated heterocycles. The van der Waals surface area contributed by atoms with E-state index in [1.807, 2.05) is 30.3 Å². The van der Waals surface area contributed by atoms with Gasteiger partial charge in [-0.2, -0.15) is 0 Å². The standard InChI is InChI=1S/C16H16N2O3/c1-19-13-6-3-10(7-15(13)20-2)8-16-18-12-5-4-11(17)9-14(12)21-16/h3-7,9H,8,17H2,1-2H3. The van der Waals surface area contributed by atoms with E-state index < -0.39 is 0 Å². The zero-order valence-corrected chi connectivity index (χ0v) is 11.9. The van der Waals surface area contributed by atoms with E-state index in [0.717, 1.165) is 11.1 Å². The summed E-state index contributed by atoms with van der Waals surface area (Å²) in [6, 6.07) is 11.2. The Morgan fingerprint density at radius 2 is 1.86 bits per heavy atom. The average Bonchev–Trinajstić information content (AvgIpc) is 2.88. The van der Waals surface area contributed by atoms with Crippen LogP contribution in [0.15, 0.2) is 40.8 Å². The van der Waals surface area contributed by atoms with Crippen molar-refractivity contribution < 1.29 is 13.9 Å². The largest absolute Gasteiger partial charge is 0.493 e. The SMILES string of the molecule is COc1ccc(Cc2nc3ccc(N)cc3o2)cc1OC. The van der Waals surface area contributed by atoms with Gasteiger partial charge >= 0.3 is 0 Å². The molecule has 2 N–H and O–H groups in total. The third-order valence-electron chi connectivity index (χ3n) is 3.26. The van der Waals surface area contributed by atoms with Crippen LogP contribution < -0.4 is 15.2 Å². The van der Waals surface area contributed by atoms with Crippen LogP contribution in [0, 0.1) is 0 Å². The second-order valence-corrected chi connectivity index (χ2v) is 4.70. The molecule has 3 rings (SSSR count). The summed E-state index contributed by atoms with van der Waals surface area (Å²) in [6.45, 7) is 0. The van der Waals surface area contributed by atoms with Gasteiger partial charge in [-0.25, -0.2) is 4.98 Å². The van der Waals surface area contributed by atoms with Crippen molar-refractivity contribution in [2.45, 2.75) is 6.42 Å². The lowest BCUT2D eigenvalue weighted by atomic mass is 10.1. The van der Waals surface area contributed by atoms with E-state index in [1.165, 1.54) is 0 Å². The molecule has 1 heterocycles. The van der Waals surface area contributed by atoms with Crippen LogP contribution in [0.3, 0.4) is 0 Å². The highest BCUT2D eigenvalue weighted by atomic mass is 16.5. The summed E-state index contributed by atoms with van der Waals surface area (Å²) in [5, 5.41) is 0. The van der Waals surface area contributed by atoms with Gasteiger partial charge in [0.1, 0.15) is 5.52 Å². The molecule has 0 radical (unpaired) electrons. The molecule has 0 aliphatic rings. The van der Waals surface area contributed by atoms with Crippen LogP contribution in [0.5, 0.6) is 11.5 Å². The first-order valence-corrected chi connectivity index (χ1v) is 6.55.